The van der Waals surface area contributed by atoms with Crippen LogP contribution >= 0.6 is 12.2 Å². The quantitative estimate of drug-likeness (QED) is 0.804. The van der Waals surface area contributed by atoms with E-state index in [1.807, 2.05) is 0 Å². The summed E-state index contributed by atoms with van der Waals surface area (Å²) >= 11 is 4.98. The van der Waals surface area contributed by atoms with Gasteiger partial charge in [0.1, 0.15) is 10.8 Å². The summed E-state index contributed by atoms with van der Waals surface area (Å²) in [5.74, 6) is -0.254. The largest absolute Gasteiger partial charge is 0.389 e. The number of rotatable bonds is 3. The van der Waals surface area contributed by atoms with E-state index in [2.05, 4.69) is 10.2 Å². The fourth-order valence-corrected chi connectivity index (χ4v) is 2.34. The minimum Gasteiger partial charge on any atom is -0.389 e. The van der Waals surface area contributed by atoms with Gasteiger partial charge >= 0.3 is 0 Å². The predicted molar refractivity (Wildman–Crippen MR) is 75.2 cm³/mol. The van der Waals surface area contributed by atoms with Crippen molar-refractivity contribution in [2.24, 2.45) is 5.73 Å². The number of thiocarbonyl (C=S) groups is 1. The number of carbonyl (C=O) groups is 1. The normalized spacial score (nSPS) is 16.8. The Kier molecular flexibility index (Phi) is 4.44. The molecule has 102 valence electrons. The van der Waals surface area contributed by atoms with Crippen molar-refractivity contribution < 1.29 is 9.18 Å². The first-order valence-electron chi connectivity index (χ1n) is 6.13. The smallest absolute Gasteiger partial charge is 0.221 e. The molecule has 0 saturated carbocycles. The van der Waals surface area contributed by atoms with Crippen LogP contribution in [0.4, 0.5) is 4.39 Å². The molecule has 0 atom stereocenters. The molecule has 1 aromatic rings. The van der Waals surface area contributed by atoms with Crippen LogP contribution in [-0.2, 0) is 11.3 Å². The van der Waals surface area contributed by atoms with Crippen molar-refractivity contribution in [3.63, 3.8) is 0 Å². The second-order valence-corrected chi connectivity index (χ2v) is 4.98. The number of nitrogens with one attached hydrogen (secondary N) is 1. The van der Waals surface area contributed by atoms with Crippen molar-refractivity contribution in [3.8, 4) is 0 Å². The molecule has 3 N–H and O–H groups in total. The fourth-order valence-electron chi connectivity index (χ4n) is 2.15. The maximum absolute atomic E-state index is 13.3. The van der Waals surface area contributed by atoms with Crippen LogP contribution in [0.5, 0.6) is 0 Å². The average Bonchev–Trinajstić information content (AvgIpc) is 2.54. The molecule has 1 fully saturated rings. The third kappa shape index (κ3) is 3.71. The molecular formula is C13H16FN3OS. The first-order valence-corrected chi connectivity index (χ1v) is 6.54. The molecule has 4 nitrogen and oxygen atoms in total. The fraction of sp³-hybridized carbons (Fsp3) is 0.385. The van der Waals surface area contributed by atoms with E-state index in [4.69, 9.17) is 18.0 Å². The van der Waals surface area contributed by atoms with Gasteiger partial charge in [0.2, 0.25) is 5.91 Å². The molecule has 19 heavy (non-hydrogen) atoms. The first kappa shape index (κ1) is 13.9. The van der Waals surface area contributed by atoms with Crippen molar-refractivity contribution in [1.29, 1.82) is 0 Å². The monoisotopic (exact) mass is 281 g/mol. The van der Waals surface area contributed by atoms with Crippen LogP contribution in [0.1, 0.15) is 17.5 Å². The third-order valence-electron chi connectivity index (χ3n) is 3.13. The highest BCUT2D eigenvalue weighted by molar-refractivity contribution is 7.80. The molecule has 0 aliphatic carbocycles. The molecule has 1 aliphatic rings. The lowest BCUT2D eigenvalue weighted by Crippen LogP contribution is -2.29. The van der Waals surface area contributed by atoms with Crippen LogP contribution < -0.4 is 11.1 Å². The molecule has 1 aromatic carbocycles. The number of carbonyl (C=O) groups excluding carboxylic acids is 1. The minimum atomic E-state index is -0.306. The van der Waals surface area contributed by atoms with E-state index in [1.54, 1.807) is 6.07 Å². The van der Waals surface area contributed by atoms with E-state index in [9.17, 15) is 9.18 Å². The highest BCUT2D eigenvalue weighted by Gasteiger charge is 2.16. The Morgan fingerprint density at radius 2 is 2.26 bits per heavy atom. The summed E-state index contributed by atoms with van der Waals surface area (Å²) in [5.41, 5.74) is 7.11. The summed E-state index contributed by atoms with van der Waals surface area (Å²) in [6.07, 6.45) is 0.456. The van der Waals surface area contributed by atoms with Gasteiger partial charge in [-0.05, 0) is 23.8 Å². The number of hydrogen-bond acceptors (Lipinski definition) is 3. The highest BCUT2D eigenvalue weighted by Crippen LogP contribution is 2.15. The van der Waals surface area contributed by atoms with E-state index in [-0.39, 0.29) is 16.7 Å². The van der Waals surface area contributed by atoms with Gasteiger partial charge in [0.25, 0.3) is 0 Å². The molecular weight excluding hydrogens is 265 g/mol. The maximum Gasteiger partial charge on any atom is 0.221 e. The third-order valence-corrected chi connectivity index (χ3v) is 3.35. The van der Waals surface area contributed by atoms with E-state index in [0.29, 0.717) is 31.6 Å². The molecule has 0 spiro atoms. The van der Waals surface area contributed by atoms with Gasteiger partial charge in [-0.2, -0.15) is 0 Å². The van der Waals surface area contributed by atoms with E-state index >= 15 is 0 Å². The van der Waals surface area contributed by atoms with Gasteiger partial charge in [0.15, 0.2) is 0 Å². The standard InChI is InChI=1S/C13H16FN3OS/c14-10-1-2-11(13(15)19)9(7-10)8-17-5-3-12(18)16-4-6-17/h1-2,7H,3-6,8H2,(H2,15,19)(H,16,18). The number of halogens is 1. The van der Waals surface area contributed by atoms with Crippen molar-refractivity contribution in [1.82, 2.24) is 10.2 Å². The summed E-state index contributed by atoms with van der Waals surface area (Å²) in [6, 6.07) is 4.41. The highest BCUT2D eigenvalue weighted by atomic mass is 32.1. The molecule has 0 unspecified atom stereocenters. The minimum absolute atomic E-state index is 0.0521. The Hall–Kier alpha value is -1.53. The zero-order chi connectivity index (χ0) is 13.8. The van der Waals surface area contributed by atoms with Crippen LogP contribution in [0, 0.1) is 5.82 Å². The lowest BCUT2D eigenvalue weighted by Gasteiger charge is -2.20. The van der Waals surface area contributed by atoms with Gasteiger partial charge in [-0.15, -0.1) is 0 Å². The van der Waals surface area contributed by atoms with Gasteiger partial charge < -0.3 is 11.1 Å². The van der Waals surface area contributed by atoms with Gasteiger partial charge in [0.05, 0.1) is 0 Å². The molecule has 1 heterocycles. The van der Waals surface area contributed by atoms with Crippen LogP contribution in [0.25, 0.3) is 0 Å². The Balaban J connectivity index is 2.15. The Bertz CT molecular complexity index is 507. The number of nitrogens with zero attached hydrogens (tertiary/aromatic N) is 1. The van der Waals surface area contributed by atoms with Crippen molar-refractivity contribution >= 4 is 23.1 Å². The lowest BCUT2D eigenvalue weighted by atomic mass is 10.1. The van der Waals surface area contributed by atoms with Gasteiger partial charge in [-0.3, -0.25) is 9.69 Å². The SMILES string of the molecule is NC(=S)c1ccc(F)cc1CN1CCNC(=O)CC1. The van der Waals surface area contributed by atoms with Crippen LogP contribution in [0.3, 0.4) is 0 Å². The zero-order valence-corrected chi connectivity index (χ0v) is 11.3. The van der Waals surface area contributed by atoms with E-state index < -0.39 is 0 Å². The summed E-state index contributed by atoms with van der Waals surface area (Å²) in [6.45, 7) is 2.54. The molecule has 1 amide bonds. The van der Waals surface area contributed by atoms with Crippen molar-refractivity contribution in [2.45, 2.75) is 13.0 Å². The summed E-state index contributed by atoms with van der Waals surface area (Å²) in [4.78, 5) is 13.6. The average molecular weight is 281 g/mol. The van der Waals surface area contributed by atoms with Gasteiger partial charge in [0, 0.05) is 38.2 Å². The topological polar surface area (TPSA) is 58.4 Å². The van der Waals surface area contributed by atoms with Gasteiger partial charge in [-0.1, -0.05) is 12.2 Å². The Labute approximate surface area is 116 Å². The van der Waals surface area contributed by atoms with Crippen LogP contribution in [0.2, 0.25) is 0 Å². The number of hydrogen-bond donors (Lipinski definition) is 2. The predicted octanol–water partition coefficient (Wildman–Crippen LogP) is 0.782. The summed E-state index contributed by atoms with van der Waals surface area (Å²) in [5, 5.41) is 2.80. The molecule has 0 radical (unpaired) electrons. The molecule has 1 saturated heterocycles. The molecule has 0 aromatic heterocycles. The molecule has 1 aliphatic heterocycles. The second-order valence-electron chi connectivity index (χ2n) is 4.54. The Morgan fingerprint density at radius 3 is 3.00 bits per heavy atom. The molecule has 0 bridgehead atoms. The van der Waals surface area contributed by atoms with Crippen molar-refractivity contribution in [2.75, 3.05) is 19.6 Å². The van der Waals surface area contributed by atoms with Crippen molar-refractivity contribution in [3.05, 3.63) is 35.1 Å². The van der Waals surface area contributed by atoms with Gasteiger partial charge in [-0.25, -0.2) is 4.39 Å². The molecule has 6 heteroatoms. The van der Waals surface area contributed by atoms with E-state index in [1.165, 1.54) is 12.1 Å². The number of benzene rings is 1. The van der Waals surface area contributed by atoms with Crippen LogP contribution in [0.15, 0.2) is 18.2 Å². The van der Waals surface area contributed by atoms with E-state index in [0.717, 1.165) is 12.1 Å². The maximum atomic E-state index is 13.3. The summed E-state index contributed by atoms with van der Waals surface area (Å²) < 4.78 is 13.3. The second kappa shape index (κ2) is 6.08. The Morgan fingerprint density at radius 1 is 1.47 bits per heavy atom. The number of amides is 1. The van der Waals surface area contributed by atoms with Crippen LogP contribution in [-0.4, -0.2) is 35.4 Å². The molecule has 2 rings (SSSR count). The lowest BCUT2D eigenvalue weighted by molar-refractivity contribution is -0.120. The summed E-state index contributed by atoms with van der Waals surface area (Å²) in [7, 11) is 0. The zero-order valence-electron chi connectivity index (χ0n) is 10.5. The first-order chi connectivity index (χ1) is 9.06. The number of nitrogens with two attached hydrogens (primary N) is 1.